The van der Waals surface area contributed by atoms with E-state index in [4.69, 9.17) is 19.0 Å². The monoisotopic (exact) mass is 505 g/mol. The lowest BCUT2D eigenvalue weighted by Crippen LogP contribution is -2.38. The van der Waals surface area contributed by atoms with E-state index in [1.807, 2.05) is 19.1 Å². The van der Waals surface area contributed by atoms with Crippen LogP contribution in [0.3, 0.4) is 0 Å². The molecule has 2 aromatic carbocycles. The van der Waals surface area contributed by atoms with Crippen LogP contribution in [0, 0.1) is 6.92 Å². The molecule has 0 aliphatic carbocycles. The van der Waals surface area contributed by atoms with E-state index < -0.39 is 30.4 Å². The van der Waals surface area contributed by atoms with Gasteiger partial charge in [0.2, 0.25) is 11.7 Å². The van der Waals surface area contributed by atoms with Gasteiger partial charge in [0.15, 0.2) is 11.5 Å². The standard InChI is InChI=1S/C26H23N3O8/c1-15-3-6-17(7-4-15)27-23(30)13-29-24(31)19(28-26(29)34)11-16-5-9-20(22(12-16)35-2)36-14-18-8-10-21(37-18)25(32)33/h3-12H,13-14H2,1-2H3,(H,27,30)(H,28,34)(H,32,33)/b19-11-. The molecule has 37 heavy (non-hydrogen) atoms. The van der Waals surface area contributed by atoms with Gasteiger partial charge < -0.3 is 29.6 Å². The number of carboxylic acids is 1. The molecule has 190 valence electrons. The van der Waals surface area contributed by atoms with Crippen LogP contribution in [-0.2, 0) is 16.2 Å². The van der Waals surface area contributed by atoms with Gasteiger partial charge in [0, 0.05) is 5.69 Å². The van der Waals surface area contributed by atoms with Crippen molar-refractivity contribution in [2.24, 2.45) is 0 Å². The van der Waals surface area contributed by atoms with Crippen LogP contribution in [0.25, 0.3) is 6.08 Å². The highest BCUT2D eigenvalue weighted by Crippen LogP contribution is 2.30. The summed E-state index contributed by atoms with van der Waals surface area (Å²) in [5.74, 6) is -1.52. The number of hydrogen-bond donors (Lipinski definition) is 3. The molecule has 0 atom stereocenters. The molecule has 4 rings (SSSR count). The van der Waals surface area contributed by atoms with Crippen LogP contribution in [0.1, 0.15) is 27.4 Å². The fraction of sp³-hybridized carbons (Fsp3) is 0.154. The van der Waals surface area contributed by atoms with Crippen molar-refractivity contribution in [3.05, 3.63) is 82.9 Å². The van der Waals surface area contributed by atoms with Crippen molar-refractivity contribution in [2.45, 2.75) is 13.5 Å². The highest BCUT2D eigenvalue weighted by Gasteiger charge is 2.35. The van der Waals surface area contributed by atoms with Crippen molar-refractivity contribution in [1.82, 2.24) is 10.2 Å². The van der Waals surface area contributed by atoms with E-state index in [0.29, 0.717) is 28.5 Å². The summed E-state index contributed by atoms with van der Waals surface area (Å²) in [6, 6.07) is 14.1. The number of furan rings is 1. The van der Waals surface area contributed by atoms with Gasteiger partial charge in [-0.2, -0.15) is 0 Å². The fourth-order valence-corrected chi connectivity index (χ4v) is 3.48. The van der Waals surface area contributed by atoms with Crippen molar-refractivity contribution in [3.63, 3.8) is 0 Å². The molecular formula is C26H23N3O8. The Hall–Kier alpha value is -5.06. The van der Waals surface area contributed by atoms with E-state index in [0.717, 1.165) is 10.5 Å². The van der Waals surface area contributed by atoms with Crippen LogP contribution in [0.15, 0.2) is 64.7 Å². The first-order valence-electron chi connectivity index (χ1n) is 11.1. The Kier molecular flexibility index (Phi) is 7.23. The minimum absolute atomic E-state index is 0.000595. The third kappa shape index (κ3) is 5.96. The van der Waals surface area contributed by atoms with Crippen LogP contribution in [-0.4, -0.2) is 47.5 Å². The topological polar surface area (TPSA) is 147 Å². The van der Waals surface area contributed by atoms with Gasteiger partial charge >= 0.3 is 12.0 Å². The van der Waals surface area contributed by atoms with Crippen LogP contribution < -0.4 is 20.1 Å². The molecule has 3 N–H and O–H groups in total. The summed E-state index contributed by atoms with van der Waals surface area (Å²) in [6.07, 6.45) is 1.45. The van der Waals surface area contributed by atoms with Crippen molar-refractivity contribution in [1.29, 1.82) is 0 Å². The molecule has 2 heterocycles. The Morgan fingerprint density at radius 1 is 1.08 bits per heavy atom. The SMILES string of the molecule is COc1cc(/C=C2\NC(=O)N(CC(=O)Nc3ccc(C)cc3)C2=O)ccc1OCc1ccc(C(=O)O)o1. The number of carbonyl (C=O) groups is 4. The Morgan fingerprint density at radius 3 is 2.51 bits per heavy atom. The Balaban J connectivity index is 1.41. The fourth-order valence-electron chi connectivity index (χ4n) is 3.48. The Labute approximate surface area is 211 Å². The lowest BCUT2D eigenvalue weighted by atomic mass is 10.1. The molecule has 1 aliphatic rings. The average Bonchev–Trinajstić information content (AvgIpc) is 3.45. The molecule has 0 spiro atoms. The molecule has 0 bridgehead atoms. The number of aromatic carboxylic acids is 1. The second-order valence-corrected chi connectivity index (χ2v) is 8.06. The van der Waals surface area contributed by atoms with E-state index in [1.165, 1.54) is 25.3 Å². The number of urea groups is 1. The molecule has 11 heteroatoms. The lowest BCUT2D eigenvalue weighted by Gasteiger charge is -2.12. The maximum Gasteiger partial charge on any atom is 0.371 e. The Morgan fingerprint density at radius 2 is 1.84 bits per heavy atom. The number of aryl methyl sites for hydroxylation is 1. The highest BCUT2D eigenvalue weighted by atomic mass is 16.5. The number of benzene rings is 2. The van der Waals surface area contributed by atoms with Gasteiger partial charge in [-0.1, -0.05) is 23.8 Å². The number of carboxylic acid groups (broad SMARTS) is 1. The first-order chi connectivity index (χ1) is 17.7. The predicted octanol–water partition coefficient (Wildman–Crippen LogP) is 3.41. The number of anilines is 1. The molecule has 4 amide bonds. The molecule has 1 fully saturated rings. The predicted molar refractivity (Wildman–Crippen MR) is 131 cm³/mol. The number of nitrogens with zero attached hydrogens (tertiary/aromatic N) is 1. The van der Waals surface area contributed by atoms with Crippen molar-refractivity contribution in [3.8, 4) is 11.5 Å². The lowest BCUT2D eigenvalue weighted by molar-refractivity contribution is -0.127. The minimum Gasteiger partial charge on any atom is -0.493 e. The number of hydrogen-bond acceptors (Lipinski definition) is 7. The van der Waals surface area contributed by atoms with Crippen molar-refractivity contribution in [2.75, 3.05) is 19.0 Å². The first-order valence-corrected chi connectivity index (χ1v) is 11.1. The molecular weight excluding hydrogens is 482 g/mol. The minimum atomic E-state index is -1.18. The van der Waals surface area contributed by atoms with Gasteiger partial charge in [-0.3, -0.25) is 9.59 Å². The zero-order chi connectivity index (χ0) is 26.5. The third-order valence-electron chi connectivity index (χ3n) is 5.34. The van der Waals surface area contributed by atoms with Crippen LogP contribution in [0.4, 0.5) is 10.5 Å². The Bertz CT molecular complexity index is 1390. The largest absolute Gasteiger partial charge is 0.493 e. The second-order valence-electron chi connectivity index (χ2n) is 8.06. The van der Waals surface area contributed by atoms with Crippen LogP contribution in [0.5, 0.6) is 11.5 Å². The zero-order valence-electron chi connectivity index (χ0n) is 19.9. The normalized spacial score (nSPS) is 14.0. The summed E-state index contributed by atoms with van der Waals surface area (Å²) in [5, 5.41) is 14.1. The molecule has 1 aromatic heterocycles. The summed E-state index contributed by atoms with van der Waals surface area (Å²) in [7, 11) is 1.44. The molecule has 1 saturated heterocycles. The van der Waals surface area contributed by atoms with E-state index in [1.54, 1.807) is 30.3 Å². The van der Waals surface area contributed by atoms with Crippen molar-refractivity contribution >= 4 is 35.6 Å². The van der Waals surface area contributed by atoms with E-state index >= 15 is 0 Å². The number of methoxy groups -OCH3 is 1. The molecule has 11 nitrogen and oxygen atoms in total. The van der Waals surface area contributed by atoms with Gasteiger partial charge in [0.1, 0.15) is 24.6 Å². The molecule has 0 saturated carbocycles. The molecule has 1 aliphatic heterocycles. The molecule has 0 radical (unpaired) electrons. The van der Waals surface area contributed by atoms with Gasteiger partial charge in [-0.05, 0) is 55.0 Å². The summed E-state index contributed by atoms with van der Waals surface area (Å²) in [5.41, 5.74) is 2.12. The molecule has 0 unspecified atom stereocenters. The molecule has 3 aromatic rings. The zero-order valence-corrected chi connectivity index (χ0v) is 19.9. The second kappa shape index (κ2) is 10.7. The van der Waals surface area contributed by atoms with E-state index in [-0.39, 0.29) is 18.1 Å². The van der Waals surface area contributed by atoms with E-state index in [9.17, 15) is 19.2 Å². The number of amides is 4. The number of carbonyl (C=O) groups excluding carboxylic acids is 3. The van der Waals surface area contributed by atoms with Crippen molar-refractivity contribution < 1.29 is 38.2 Å². The quantitative estimate of drug-likeness (QED) is 0.296. The van der Waals surface area contributed by atoms with Crippen LogP contribution >= 0.6 is 0 Å². The highest BCUT2D eigenvalue weighted by molar-refractivity contribution is 6.16. The van der Waals surface area contributed by atoms with Gasteiger partial charge in [-0.15, -0.1) is 0 Å². The number of ether oxygens (including phenoxy) is 2. The summed E-state index contributed by atoms with van der Waals surface area (Å²) >= 11 is 0. The summed E-state index contributed by atoms with van der Waals surface area (Å²) < 4.78 is 16.2. The number of rotatable bonds is 9. The summed E-state index contributed by atoms with van der Waals surface area (Å²) in [4.78, 5) is 49.2. The third-order valence-corrected chi connectivity index (χ3v) is 5.34. The maximum atomic E-state index is 12.8. The number of imide groups is 1. The maximum absolute atomic E-state index is 12.8. The number of nitrogens with one attached hydrogen (secondary N) is 2. The van der Waals surface area contributed by atoms with Crippen LogP contribution in [0.2, 0.25) is 0 Å². The van der Waals surface area contributed by atoms with Gasteiger partial charge in [0.05, 0.1) is 7.11 Å². The first kappa shape index (κ1) is 25.0. The smallest absolute Gasteiger partial charge is 0.371 e. The summed E-state index contributed by atoms with van der Waals surface area (Å²) in [6.45, 7) is 1.45. The van der Waals surface area contributed by atoms with Gasteiger partial charge in [0.25, 0.3) is 5.91 Å². The van der Waals surface area contributed by atoms with E-state index in [2.05, 4.69) is 10.6 Å². The van der Waals surface area contributed by atoms with Gasteiger partial charge in [-0.25, -0.2) is 14.5 Å². The average molecular weight is 505 g/mol.